The lowest BCUT2D eigenvalue weighted by molar-refractivity contribution is 0.541. The van der Waals surface area contributed by atoms with E-state index in [0.29, 0.717) is 11.1 Å². The molecule has 84 valence electrons. The van der Waals surface area contributed by atoms with Crippen molar-refractivity contribution in [3.63, 3.8) is 0 Å². The van der Waals surface area contributed by atoms with Crippen LogP contribution in [0.15, 0.2) is 22.1 Å². The van der Waals surface area contributed by atoms with Gasteiger partial charge in [-0.3, -0.25) is 0 Å². The molecular formula is C13H12F2O. The molecule has 0 bridgehead atoms. The molecule has 0 aliphatic rings. The van der Waals surface area contributed by atoms with E-state index in [4.69, 9.17) is 4.42 Å². The summed E-state index contributed by atoms with van der Waals surface area (Å²) in [4.78, 5) is 0. The third-order valence-electron chi connectivity index (χ3n) is 2.41. The Labute approximate surface area is 92.4 Å². The summed E-state index contributed by atoms with van der Waals surface area (Å²) in [5, 5.41) is 0.491. The Morgan fingerprint density at radius 1 is 1.25 bits per heavy atom. The number of allylic oxidation sites excluding steroid dienone is 1. The molecule has 0 spiro atoms. The largest absolute Gasteiger partial charge is 0.453 e. The monoisotopic (exact) mass is 222 g/mol. The fraction of sp³-hybridized carbons (Fsp3) is 0.231. The molecule has 0 saturated carbocycles. The molecule has 16 heavy (non-hydrogen) atoms. The van der Waals surface area contributed by atoms with Crippen molar-refractivity contribution in [2.75, 3.05) is 0 Å². The number of hydrogen-bond acceptors (Lipinski definition) is 1. The molecule has 0 atom stereocenters. The second kappa shape index (κ2) is 3.74. The van der Waals surface area contributed by atoms with Gasteiger partial charge in [-0.1, -0.05) is 5.57 Å². The molecule has 0 saturated heterocycles. The summed E-state index contributed by atoms with van der Waals surface area (Å²) >= 11 is 0. The Morgan fingerprint density at radius 3 is 2.56 bits per heavy atom. The van der Waals surface area contributed by atoms with Crippen LogP contribution >= 0.6 is 0 Å². The molecule has 1 aromatic heterocycles. The lowest BCUT2D eigenvalue weighted by Crippen LogP contribution is -1.80. The molecule has 0 aliphatic carbocycles. The molecule has 0 unspecified atom stereocenters. The van der Waals surface area contributed by atoms with E-state index in [9.17, 15) is 8.78 Å². The van der Waals surface area contributed by atoms with Crippen LogP contribution in [-0.2, 0) is 0 Å². The van der Waals surface area contributed by atoms with Crippen LogP contribution in [0.5, 0.6) is 0 Å². The summed E-state index contributed by atoms with van der Waals surface area (Å²) in [6, 6.07) is 2.12. The molecule has 0 N–H and O–H groups in total. The first-order valence-electron chi connectivity index (χ1n) is 5.02. The van der Waals surface area contributed by atoms with Gasteiger partial charge in [0.15, 0.2) is 11.4 Å². The lowest BCUT2D eigenvalue weighted by atomic mass is 10.1. The lowest BCUT2D eigenvalue weighted by Gasteiger charge is -1.92. The van der Waals surface area contributed by atoms with Gasteiger partial charge in [-0.15, -0.1) is 0 Å². The van der Waals surface area contributed by atoms with Crippen molar-refractivity contribution in [2.45, 2.75) is 20.8 Å². The van der Waals surface area contributed by atoms with Crippen LogP contribution in [0.4, 0.5) is 8.78 Å². The zero-order valence-electron chi connectivity index (χ0n) is 9.40. The van der Waals surface area contributed by atoms with Crippen LogP contribution in [0.2, 0.25) is 0 Å². The quantitative estimate of drug-likeness (QED) is 0.695. The topological polar surface area (TPSA) is 13.1 Å². The molecule has 1 heterocycles. The normalized spacial score (nSPS) is 10.8. The van der Waals surface area contributed by atoms with Crippen LogP contribution < -0.4 is 0 Å². The fourth-order valence-electron chi connectivity index (χ4n) is 1.66. The van der Waals surface area contributed by atoms with Crippen LogP contribution in [0.25, 0.3) is 17.0 Å². The Balaban J connectivity index is 2.78. The second-order valence-electron chi connectivity index (χ2n) is 4.08. The maximum absolute atomic E-state index is 13.4. The first-order valence-corrected chi connectivity index (χ1v) is 5.02. The summed E-state index contributed by atoms with van der Waals surface area (Å²) in [7, 11) is 0. The van der Waals surface area contributed by atoms with Crippen LogP contribution in [0.3, 0.4) is 0 Å². The molecule has 0 radical (unpaired) electrons. The fourth-order valence-corrected chi connectivity index (χ4v) is 1.66. The highest BCUT2D eigenvalue weighted by atomic mass is 19.1. The van der Waals surface area contributed by atoms with Gasteiger partial charge in [0.05, 0.1) is 0 Å². The SMILES string of the molecule is CC(C)=Cc1oc2c(F)cc(F)cc2c1C. The molecule has 1 aromatic carbocycles. The van der Waals surface area contributed by atoms with Gasteiger partial charge >= 0.3 is 0 Å². The van der Waals surface area contributed by atoms with Crippen LogP contribution in [0.1, 0.15) is 25.2 Å². The molecule has 2 aromatic rings. The molecule has 1 nitrogen and oxygen atoms in total. The summed E-state index contributed by atoms with van der Waals surface area (Å²) in [6.45, 7) is 5.63. The average Bonchev–Trinajstić information content (AvgIpc) is 2.45. The second-order valence-corrected chi connectivity index (χ2v) is 4.08. The van der Waals surface area contributed by atoms with E-state index >= 15 is 0 Å². The number of aryl methyl sites for hydroxylation is 1. The molecular weight excluding hydrogens is 210 g/mol. The summed E-state index contributed by atoms with van der Waals surface area (Å²) < 4.78 is 31.9. The van der Waals surface area contributed by atoms with E-state index in [0.717, 1.165) is 17.2 Å². The molecule has 0 fully saturated rings. The third kappa shape index (κ3) is 1.73. The highest BCUT2D eigenvalue weighted by molar-refractivity contribution is 5.85. The van der Waals surface area contributed by atoms with Crippen molar-refractivity contribution in [1.82, 2.24) is 0 Å². The minimum absolute atomic E-state index is 0.117. The first-order chi connectivity index (χ1) is 7.49. The zero-order chi connectivity index (χ0) is 11.9. The number of furan rings is 1. The molecule has 0 aliphatic heterocycles. The van der Waals surface area contributed by atoms with Gasteiger partial charge in [0.1, 0.15) is 11.6 Å². The van der Waals surface area contributed by atoms with Gasteiger partial charge in [-0.05, 0) is 32.9 Å². The maximum Gasteiger partial charge on any atom is 0.170 e. The molecule has 2 rings (SSSR count). The first kappa shape index (κ1) is 10.9. The highest BCUT2D eigenvalue weighted by Crippen LogP contribution is 2.29. The maximum atomic E-state index is 13.4. The van der Waals surface area contributed by atoms with E-state index in [2.05, 4.69) is 0 Å². The van der Waals surface area contributed by atoms with Crippen molar-refractivity contribution in [3.8, 4) is 0 Å². The average molecular weight is 222 g/mol. The minimum Gasteiger partial charge on any atom is -0.453 e. The van der Waals surface area contributed by atoms with Gasteiger partial charge < -0.3 is 4.42 Å². The number of fused-ring (bicyclic) bond motifs is 1. The van der Waals surface area contributed by atoms with Gasteiger partial charge in [0.2, 0.25) is 0 Å². The van der Waals surface area contributed by atoms with Crippen molar-refractivity contribution in [2.24, 2.45) is 0 Å². The minimum atomic E-state index is -0.661. The summed E-state index contributed by atoms with van der Waals surface area (Å²) in [6.07, 6.45) is 1.81. The third-order valence-corrected chi connectivity index (χ3v) is 2.41. The Hall–Kier alpha value is -1.64. The van der Waals surface area contributed by atoms with E-state index in [-0.39, 0.29) is 5.58 Å². The number of benzene rings is 1. The van der Waals surface area contributed by atoms with Gasteiger partial charge in [0.25, 0.3) is 0 Å². The van der Waals surface area contributed by atoms with E-state index in [1.807, 2.05) is 19.9 Å². The van der Waals surface area contributed by atoms with E-state index in [1.165, 1.54) is 6.07 Å². The van der Waals surface area contributed by atoms with Crippen molar-refractivity contribution in [3.05, 3.63) is 40.7 Å². The Bertz CT molecular complexity index is 575. The summed E-state index contributed by atoms with van der Waals surface area (Å²) in [5.41, 5.74) is 1.92. The van der Waals surface area contributed by atoms with Crippen LogP contribution in [0, 0.1) is 18.6 Å². The number of rotatable bonds is 1. The van der Waals surface area contributed by atoms with E-state index in [1.54, 1.807) is 6.92 Å². The van der Waals surface area contributed by atoms with Gasteiger partial charge in [-0.2, -0.15) is 0 Å². The van der Waals surface area contributed by atoms with Gasteiger partial charge in [0, 0.05) is 17.0 Å². The smallest absolute Gasteiger partial charge is 0.170 e. The van der Waals surface area contributed by atoms with Gasteiger partial charge in [-0.25, -0.2) is 8.78 Å². The molecule has 0 amide bonds. The zero-order valence-corrected chi connectivity index (χ0v) is 9.40. The number of halogens is 2. The predicted molar refractivity (Wildman–Crippen MR) is 60.2 cm³/mol. The van der Waals surface area contributed by atoms with Crippen LogP contribution in [-0.4, -0.2) is 0 Å². The Morgan fingerprint density at radius 2 is 1.94 bits per heavy atom. The van der Waals surface area contributed by atoms with Crippen molar-refractivity contribution in [1.29, 1.82) is 0 Å². The summed E-state index contributed by atoms with van der Waals surface area (Å²) in [5.74, 6) is -0.663. The van der Waals surface area contributed by atoms with Crippen molar-refractivity contribution < 1.29 is 13.2 Å². The predicted octanol–water partition coefficient (Wildman–Crippen LogP) is 4.44. The highest BCUT2D eigenvalue weighted by Gasteiger charge is 2.13. The molecule has 3 heteroatoms. The van der Waals surface area contributed by atoms with E-state index < -0.39 is 11.6 Å². The Kier molecular flexibility index (Phi) is 2.54. The van der Waals surface area contributed by atoms with Crippen molar-refractivity contribution >= 4 is 17.0 Å². The number of hydrogen-bond donors (Lipinski definition) is 0. The standard InChI is InChI=1S/C13H12F2O/c1-7(2)4-12-8(3)10-5-9(14)6-11(15)13(10)16-12/h4-6H,1-3H3.